The number of aromatic nitrogens is 4. The number of hydrogen-bond donors (Lipinski definition) is 0. The Kier molecular flexibility index (Phi) is 2.78. The molecule has 8 rings (SSSR count). The Balaban J connectivity index is 1.69. The van der Waals surface area contributed by atoms with E-state index in [0.29, 0.717) is 17.5 Å². The van der Waals surface area contributed by atoms with Gasteiger partial charge in [-0.1, -0.05) is 48.5 Å². The summed E-state index contributed by atoms with van der Waals surface area (Å²) >= 11 is 0. The first kappa shape index (κ1) is 16.3. The van der Waals surface area contributed by atoms with E-state index in [1.807, 2.05) is 36.4 Å². The quantitative estimate of drug-likeness (QED) is 0.366. The summed E-state index contributed by atoms with van der Waals surface area (Å²) in [7, 11) is 0. The number of aliphatic imine (C=N–C) groups is 2. The van der Waals surface area contributed by atoms with Gasteiger partial charge < -0.3 is 8.96 Å². The molecule has 0 radical (unpaired) electrons. The van der Waals surface area contributed by atoms with Crippen LogP contribution < -0.4 is 11.0 Å². The molecule has 0 aliphatic carbocycles. The van der Waals surface area contributed by atoms with Crippen LogP contribution in [-0.4, -0.2) is 37.6 Å². The summed E-state index contributed by atoms with van der Waals surface area (Å²) in [4.78, 5) is 29.3. The van der Waals surface area contributed by atoms with E-state index in [0.717, 1.165) is 49.7 Å². The summed E-state index contributed by atoms with van der Waals surface area (Å²) in [5.41, 5.74) is 5.12. The van der Waals surface area contributed by atoms with Gasteiger partial charge in [-0.15, -0.1) is 0 Å². The number of benzene rings is 2. The Morgan fingerprint density at radius 3 is 1.88 bits per heavy atom. The lowest BCUT2D eigenvalue weighted by molar-refractivity contribution is 0.919. The lowest BCUT2D eigenvalue weighted by atomic mass is 9.78. The molecule has 0 amide bonds. The third kappa shape index (κ3) is 1.81. The normalized spacial score (nSPS) is 17.9. The van der Waals surface area contributed by atoms with Crippen LogP contribution in [-0.2, 0) is 0 Å². The first-order valence-corrected chi connectivity index (χ1v) is 10.5. The maximum absolute atomic E-state index is 5.09. The molecule has 0 saturated heterocycles. The smallest absolute Gasteiger partial charge is 0.334 e. The van der Waals surface area contributed by atoms with Crippen LogP contribution in [0.2, 0.25) is 6.82 Å². The summed E-state index contributed by atoms with van der Waals surface area (Å²) in [5, 5.41) is 2.10. The predicted molar refractivity (Wildman–Crippen MR) is 123 cm³/mol. The second kappa shape index (κ2) is 5.44. The predicted octanol–water partition coefficient (Wildman–Crippen LogP) is 2.64. The highest BCUT2D eigenvalue weighted by Crippen LogP contribution is 2.38. The third-order valence-corrected chi connectivity index (χ3v) is 6.45. The fourth-order valence-electron chi connectivity index (χ4n) is 5.06. The first-order valence-electron chi connectivity index (χ1n) is 10.5. The molecule has 0 N–H and O–H groups in total. The van der Waals surface area contributed by atoms with E-state index >= 15 is 0 Å². The molecule has 0 unspecified atom stereocenters. The van der Waals surface area contributed by atoms with E-state index in [1.165, 1.54) is 0 Å². The summed E-state index contributed by atoms with van der Waals surface area (Å²) in [5.74, 6) is 2.78. The average Bonchev–Trinajstić information content (AvgIpc) is 3.45. The van der Waals surface area contributed by atoms with Gasteiger partial charge in [0.2, 0.25) is 0 Å². The van der Waals surface area contributed by atoms with Crippen molar-refractivity contribution in [2.24, 2.45) is 20.0 Å². The van der Waals surface area contributed by atoms with Gasteiger partial charge in [-0.05, 0) is 6.82 Å². The zero-order valence-corrected chi connectivity index (χ0v) is 16.9. The molecular weight excluding hydrogens is 399 g/mol. The Morgan fingerprint density at radius 1 is 0.625 bits per heavy atom. The largest absolute Gasteiger partial charge is 0.386 e. The third-order valence-electron chi connectivity index (χ3n) is 6.45. The maximum Gasteiger partial charge on any atom is 0.386 e. The van der Waals surface area contributed by atoms with Crippen LogP contribution in [0, 0.1) is 0 Å². The molecule has 8 nitrogen and oxygen atoms in total. The van der Waals surface area contributed by atoms with Crippen LogP contribution in [0.25, 0.3) is 21.8 Å². The van der Waals surface area contributed by atoms with Crippen molar-refractivity contribution in [2.75, 3.05) is 0 Å². The SMILES string of the molecule is CB1n2c3c4nccnc4c2/N=C2N=C(/N=c4/c5ccccc5c(n41)=N3)c1ccccc1\2. The zero-order chi connectivity index (χ0) is 21.0. The van der Waals surface area contributed by atoms with E-state index in [4.69, 9.17) is 20.0 Å². The highest BCUT2D eigenvalue weighted by atomic mass is 15.3. The van der Waals surface area contributed by atoms with Crippen molar-refractivity contribution < 1.29 is 0 Å². The van der Waals surface area contributed by atoms with Crippen molar-refractivity contribution in [2.45, 2.75) is 6.82 Å². The molecular formula is C23H13BN8. The van der Waals surface area contributed by atoms with Gasteiger partial charge >= 0.3 is 6.98 Å². The van der Waals surface area contributed by atoms with Crippen LogP contribution >= 0.6 is 0 Å². The van der Waals surface area contributed by atoms with Crippen molar-refractivity contribution in [3.05, 3.63) is 83.0 Å². The zero-order valence-electron chi connectivity index (χ0n) is 16.9. The van der Waals surface area contributed by atoms with E-state index < -0.39 is 0 Å². The molecule has 0 spiro atoms. The highest BCUT2D eigenvalue weighted by Gasteiger charge is 2.34. The molecule has 0 atom stereocenters. The molecule has 3 aliphatic heterocycles. The number of nitrogens with zero attached hydrogens (tertiary/aromatic N) is 8. The Morgan fingerprint density at radius 2 is 1.19 bits per heavy atom. The van der Waals surface area contributed by atoms with Gasteiger partial charge in [0, 0.05) is 34.3 Å². The lowest BCUT2D eigenvalue weighted by Crippen LogP contribution is -2.46. The standard InChI is InChI=1S/C23H13BN8/c1-24-31-20-14-8-4-5-9-15(14)21(31)30-23-17-16(25-10-11-26-17)22(32(23)24)29-19-13-7-3-2-6-12(13)18(27-19)28-20/h2-11H,1H3/b28-18?,28-20-,29-19-,29-22?. The van der Waals surface area contributed by atoms with Gasteiger partial charge in [0.25, 0.3) is 0 Å². The molecule has 148 valence electrons. The van der Waals surface area contributed by atoms with Crippen LogP contribution in [0.3, 0.4) is 0 Å². The maximum atomic E-state index is 5.09. The lowest BCUT2D eigenvalue weighted by Gasteiger charge is -2.20. The minimum Gasteiger partial charge on any atom is -0.334 e. The van der Waals surface area contributed by atoms with Crippen LogP contribution in [0.4, 0.5) is 11.6 Å². The van der Waals surface area contributed by atoms with Crippen LogP contribution in [0.5, 0.6) is 0 Å². The van der Waals surface area contributed by atoms with Crippen molar-refractivity contribution in [1.82, 2.24) is 18.9 Å². The van der Waals surface area contributed by atoms with Gasteiger partial charge in [0.15, 0.2) is 23.3 Å². The Labute approximate surface area is 181 Å². The average molecular weight is 412 g/mol. The van der Waals surface area contributed by atoms with Crippen molar-refractivity contribution >= 4 is 52.1 Å². The first-order chi connectivity index (χ1) is 15.8. The van der Waals surface area contributed by atoms with Crippen LogP contribution in [0.15, 0.2) is 80.9 Å². The van der Waals surface area contributed by atoms with Crippen LogP contribution in [0.1, 0.15) is 11.1 Å². The van der Waals surface area contributed by atoms with E-state index in [1.54, 1.807) is 12.4 Å². The van der Waals surface area contributed by atoms with E-state index in [-0.39, 0.29) is 6.98 Å². The number of fused-ring (bicyclic) bond motifs is 10. The van der Waals surface area contributed by atoms with Gasteiger partial charge in [0.1, 0.15) is 22.0 Å². The minimum atomic E-state index is -0.111. The minimum absolute atomic E-state index is 0.111. The summed E-state index contributed by atoms with van der Waals surface area (Å²) in [6.07, 6.45) is 3.40. The van der Waals surface area contributed by atoms with Gasteiger partial charge in [-0.2, -0.15) is 0 Å². The topological polar surface area (TPSA) is 85.1 Å². The Hall–Kier alpha value is -4.40. The van der Waals surface area contributed by atoms with Crippen molar-refractivity contribution in [3.8, 4) is 0 Å². The molecule has 5 aromatic rings. The molecule has 9 heteroatoms. The molecule has 3 aliphatic rings. The molecule has 6 heterocycles. The van der Waals surface area contributed by atoms with Gasteiger partial charge in [-0.3, -0.25) is 0 Å². The van der Waals surface area contributed by atoms with Crippen molar-refractivity contribution in [3.63, 3.8) is 0 Å². The van der Waals surface area contributed by atoms with Gasteiger partial charge in [0.05, 0.1) is 0 Å². The Bertz CT molecular complexity index is 1860. The molecule has 4 bridgehead atoms. The number of hydrogen-bond acceptors (Lipinski definition) is 6. The molecule has 0 fully saturated rings. The molecule has 3 aromatic heterocycles. The second-order valence-electron chi connectivity index (χ2n) is 8.11. The number of rotatable bonds is 0. The molecule has 2 aromatic carbocycles. The highest BCUT2D eigenvalue weighted by molar-refractivity contribution is 6.56. The second-order valence-corrected chi connectivity index (χ2v) is 8.11. The molecule has 32 heavy (non-hydrogen) atoms. The van der Waals surface area contributed by atoms with Crippen molar-refractivity contribution in [1.29, 1.82) is 0 Å². The fraction of sp³-hybridized carbons (Fsp3) is 0.0435. The van der Waals surface area contributed by atoms with E-state index in [9.17, 15) is 0 Å². The summed E-state index contributed by atoms with van der Waals surface area (Å²) in [6, 6.07) is 16.3. The summed E-state index contributed by atoms with van der Waals surface area (Å²) in [6.45, 7) is 2.03. The van der Waals surface area contributed by atoms with Gasteiger partial charge in [-0.25, -0.2) is 29.9 Å². The molecule has 0 saturated carbocycles. The van der Waals surface area contributed by atoms with E-state index in [2.05, 4.69) is 37.9 Å². The fourth-order valence-corrected chi connectivity index (χ4v) is 5.06. The monoisotopic (exact) mass is 412 g/mol. The summed E-state index contributed by atoms with van der Waals surface area (Å²) < 4.78 is 4.27. The number of amidine groups is 2.